The van der Waals surface area contributed by atoms with Crippen LogP contribution in [0.2, 0.25) is 0 Å². The molecule has 2 aromatic heterocycles. The van der Waals surface area contributed by atoms with E-state index in [9.17, 15) is 5.11 Å². The Labute approximate surface area is 154 Å². The fourth-order valence-electron chi connectivity index (χ4n) is 4.41. The van der Waals surface area contributed by atoms with Crippen LogP contribution < -0.4 is 0 Å². The number of hydrogen-bond donors (Lipinski definition) is 1. The van der Waals surface area contributed by atoms with Crippen LogP contribution in [0.5, 0.6) is 0 Å². The van der Waals surface area contributed by atoms with Crippen LogP contribution in [0.15, 0.2) is 60.9 Å². The topological polar surface area (TPSA) is 30.1 Å². The van der Waals surface area contributed by atoms with Crippen LogP contribution in [0.3, 0.4) is 0 Å². The molecule has 0 bridgehead atoms. The smallest absolute Gasteiger partial charge is 0.0480 e. The van der Waals surface area contributed by atoms with E-state index < -0.39 is 0 Å². The molecule has 0 atom stereocenters. The minimum Gasteiger partial charge on any atom is -0.396 e. The van der Waals surface area contributed by atoms with Gasteiger partial charge in [0.05, 0.1) is 0 Å². The first-order valence-corrected chi connectivity index (χ1v) is 9.26. The van der Waals surface area contributed by atoms with Gasteiger partial charge in [-0.2, -0.15) is 0 Å². The normalized spacial score (nSPS) is 12.3. The largest absolute Gasteiger partial charge is 0.396 e. The van der Waals surface area contributed by atoms with Crippen molar-refractivity contribution >= 4 is 21.8 Å². The molecule has 1 N–H and O–H groups in total. The summed E-state index contributed by atoms with van der Waals surface area (Å²) in [4.78, 5) is 0. The Morgan fingerprint density at radius 2 is 1.27 bits per heavy atom. The zero-order valence-corrected chi connectivity index (χ0v) is 15.7. The molecule has 4 rings (SSSR count). The van der Waals surface area contributed by atoms with Crippen LogP contribution in [-0.2, 0) is 19.5 Å². The third-order valence-corrected chi connectivity index (χ3v) is 5.82. The summed E-state index contributed by atoms with van der Waals surface area (Å²) in [5.41, 5.74) is 5.00. The number of aryl methyl sites for hydroxylation is 2. The van der Waals surface area contributed by atoms with Gasteiger partial charge in [0.15, 0.2) is 0 Å². The van der Waals surface area contributed by atoms with E-state index in [1.165, 1.54) is 32.9 Å². The molecule has 0 aliphatic heterocycles. The molecule has 0 amide bonds. The first-order chi connectivity index (χ1) is 12.6. The van der Waals surface area contributed by atoms with Crippen LogP contribution in [-0.4, -0.2) is 20.8 Å². The summed E-state index contributed by atoms with van der Waals surface area (Å²) < 4.78 is 4.43. The summed E-state index contributed by atoms with van der Waals surface area (Å²) in [5, 5.41) is 12.1. The second-order valence-corrected chi connectivity index (χ2v) is 7.50. The van der Waals surface area contributed by atoms with Gasteiger partial charge in [0.25, 0.3) is 0 Å². The molecule has 3 heteroatoms. The molecule has 4 aromatic rings. The van der Waals surface area contributed by atoms with Gasteiger partial charge < -0.3 is 14.2 Å². The average Bonchev–Trinajstić information content (AvgIpc) is 3.19. The van der Waals surface area contributed by atoms with Gasteiger partial charge >= 0.3 is 0 Å². The highest BCUT2D eigenvalue weighted by Crippen LogP contribution is 2.43. The summed E-state index contributed by atoms with van der Waals surface area (Å²) in [6.07, 6.45) is 6.22. The number of aromatic nitrogens is 2. The van der Waals surface area contributed by atoms with Gasteiger partial charge in [0.2, 0.25) is 0 Å². The molecule has 3 nitrogen and oxygen atoms in total. The molecule has 2 heterocycles. The van der Waals surface area contributed by atoms with E-state index in [2.05, 4.69) is 91.1 Å². The molecular weight excluding hydrogens is 320 g/mol. The predicted molar refractivity (Wildman–Crippen MR) is 109 cm³/mol. The molecule has 0 radical (unpaired) electrons. The summed E-state index contributed by atoms with van der Waals surface area (Å²) in [6, 6.07) is 17.2. The number of aliphatic hydroxyl groups excluding tert-OH is 1. The Kier molecular flexibility index (Phi) is 4.12. The number of aliphatic hydroxyl groups is 1. The van der Waals surface area contributed by atoms with Gasteiger partial charge in [0.1, 0.15) is 0 Å². The van der Waals surface area contributed by atoms with Crippen molar-refractivity contribution in [1.82, 2.24) is 9.13 Å². The summed E-state index contributed by atoms with van der Waals surface area (Å²) in [7, 11) is 4.22. The minimum atomic E-state index is -0.162. The molecular formula is C23H26N2O. The van der Waals surface area contributed by atoms with Crippen molar-refractivity contribution in [2.45, 2.75) is 25.2 Å². The first kappa shape index (κ1) is 16.9. The predicted octanol–water partition coefficient (Wildman–Crippen LogP) is 4.75. The third-order valence-electron chi connectivity index (χ3n) is 5.82. The Bertz CT molecular complexity index is 990. The van der Waals surface area contributed by atoms with Gasteiger partial charge in [-0.15, -0.1) is 0 Å². The molecule has 0 saturated carbocycles. The Hall–Kier alpha value is -2.52. The van der Waals surface area contributed by atoms with Crippen LogP contribution >= 0.6 is 0 Å². The quantitative estimate of drug-likeness (QED) is 0.555. The monoisotopic (exact) mass is 346 g/mol. The molecule has 0 spiro atoms. The van der Waals surface area contributed by atoms with E-state index in [4.69, 9.17) is 0 Å². The average molecular weight is 346 g/mol. The molecule has 0 unspecified atom stereocenters. The summed E-state index contributed by atoms with van der Waals surface area (Å²) in [5.74, 6) is 0. The van der Waals surface area contributed by atoms with Crippen LogP contribution in [0.1, 0.15) is 30.9 Å². The van der Waals surface area contributed by atoms with Crippen molar-refractivity contribution in [3.8, 4) is 0 Å². The highest BCUT2D eigenvalue weighted by Gasteiger charge is 2.34. The van der Waals surface area contributed by atoms with E-state index >= 15 is 0 Å². The van der Waals surface area contributed by atoms with Crippen molar-refractivity contribution in [1.29, 1.82) is 0 Å². The number of nitrogens with zero attached hydrogens (tertiary/aromatic N) is 2. The highest BCUT2D eigenvalue weighted by atomic mass is 16.2. The van der Waals surface area contributed by atoms with Crippen molar-refractivity contribution in [2.75, 3.05) is 6.61 Å². The summed E-state index contributed by atoms with van der Waals surface area (Å²) >= 11 is 0. The Morgan fingerprint density at radius 1 is 0.808 bits per heavy atom. The van der Waals surface area contributed by atoms with Crippen molar-refractivity contribution in [2.24, 2.45) is 14.1 Å². The van der Waals surface area contributed by atoms with Crippen molar-refractivity contribution in [3.63, 3.8) is 0 Å². The lowest BCUT2D eigenvalue weighted by molar-refractivity contribution is 0.272. The molecule has 2 aromatic carbocycles. The lowest BCUT2D eigenvalue weighted by Gasteiger charge is -2.30. The fourth-order valence-corrected chi connectivity index (χ4v) is 4.41. The second kappa shape index (κ2) is 6.33. The Balaban J connectivity index is 2.01. The van der Waals surface area contributed by atoms with Gasteiger partial charge in [-0.1, -0.05) is 43.3 Å². The van der Waals surface area contributed by atoms with Crippen LogP contribution in [0, 0.1) is 0 Å². The van der Waals surface area contributed by atoms with Crippen molar-refractivity contribution in [3.05, 3.63) is 72.1 Å². The first-order valence-electron chi connectivity index (χ1n) is 9.26. The van der Waals surface area contributed by atoms with Crippen LogP contribution in [0.4, 0.5) is 0 Å². The summed E-state index contributed by atoms with van der Waals surface area (Å²) in [6.45, 7) is 2.54. The number of para-hydroxylation sites is 2. The Morgan fingerprint density at radius 3 is 1.73 bits per heavy atom. The van der Waals surface area contributed by atoms with Crippen molar-refractivity contribution < 1.29 is 5.11 Å². The van der Waals surface area contributed by atoms with E-state index in [1.807, 2.05) is 0 Å². The SMILES string of the molecule is Cn1cc(C(C)(CCCO)c2cn(C)c3ccccc23)c2ccccc21. The number of benzene rings is 2. The molecule has 0 aliphatic rings. The third kappa shape index (κ3) is 2.46. The zero-order chi connectivity index (χ0) is 18.3. The van der Waals surface area contributed by atoms with Gasteiger partial charge in [0, 0.05) is 60.3 Å². The number of fused-ring (bicyclic) bond motifs is 2. The molecule has 134 valence electrons. The molecule has 0 fully saturated rings. The van der Waals surface area contributed by atoms with E-state index in [0.717, 1.165) is 12.8 Å². The van der Waals surface area contributed by atoms with Gasteiger partial charge in [-0.3, -0.25) is 0 Å². The standard InChI is InChI=1S/C23H26N2O/c1-23(13-8-14-26,19-15-24(2)21-11-6-4-9-17(19)21)20-16-25(3)22-12-7-5-10-18(20)22/h4-7,9-12,15-16,26H,8,13-14H2,1-3H3. The highest BCUT2D eigenvalue weighted by molar-refractivity contribution is 5.90. The number of rotatable bonds is 5. The lowest BCUT2D eigenvalue weighted by atomic mass is 9.73. The van der Waals surface area contributed by atoms with E-state index in [-0.39, 0.29) is 12.0 Å². The maximum atomic E-state index is 9.55. The minimum absolute atomic E-state index is 0.162. The number of hydrogen-bond acceptors (Lipinski definition) is 1. The van der Waals surface area contributed by atoms with E-state index in [0.29, 0.717) is 0 Å². The maximum Gasteiger partial charge on any atom is 0.0480 e. The fraction of sp³-hybridized carbons (Fsp3) is 0.304. The zero-order valence-electron chi connectivity index (χ0n) is 15.7. The maximum absolute atomic E-state index is 9.55. The van der Waals surface area contributed by atoms with Gasteiger partial charge in [-0.25, -0.2) is 0 Å². The molecule has 0 aliphatic carbocycles. The van der Waals surface area contributed by atoms with E-state index in [1.54, 1.807) is 0 Å². The van der Waals surface area contributed by atoms with Gasteiger partial charge in [-0.05, 0) is 36.1 Å². The second-order valence-electron chi connectivity index (χ2n) is 7.50. The lowest BCUT2D eigenvalue weighted by Crippen LogP contribution is -2.24. The molecule has 0 saturated heterocycles. The molecule has 26 heavy (non-hydrogen) atoms. The van der Waals surface area contributed by atoms with Crippen LogP contribution in [0.25, 0.3) is 21.8 Å².